The topological polar surface area (TPSA) is 69.7 Å². The lowest BCUT2D eigenvalue weighted by molar-refractivity contribution is -0.143. The SMILES string of the molecule is CCOC(=O)CCCS(=O)(=O)Oc1ccccc1. The van der Waals surface area contributed by atoms with Crippen molar-refractivity contribution in [2.45, 2.75) is 19.8 Å². The van der Waals surface area contributed by atoms with Crippen LogP contribution in [0.2, 0.25) is 0 Å². The molecule has 1 rings (SSSR count). The molecule has 100 valence electrons. The number of ether oxygens (including phenoxy) is 1. The van der Waals surface area contributed by atoms with Gasteiger partial charge in [-0.2, -0.15) is 8.42 Å². The maximum Gasteiger partial charge on any atom is 0.309 e. The van der Waals surface area contributed by atoms with Crippen LogP contribution < -0.4 is 4.18 Å². The Morgan fingerprint density at radius 1 is 1.22 bits per heavy atom. The summed E-state index contributed by atoms with van der Waals surface area (Å²) < 4.78 is 32.7. The number of esters is 1. The molecule has 0 aliphatic carbocycles. The molecule has 0 spiro atoms. The Labute approximate surface area is 107 Å². The Hall–Kier alpha value is -1.56. The number of para-hydroxylation sites is 1. The number of carbonyl (C=O) groups is 1. The largest absolute Gasteiger partial charge is 0.466 e. The molecule has 0 aromatic heterocycles. The minimum absolute atomic E-state index is 0.0746. The second kappa shape index (κ2) is 7.00. The lowest BCUT2D eigenvalue weighted by atomic mass is 10.3. The fraction of sp³-hybridized carbons (Fsp3) is 0.417. The minimum atomic E-state index is -3.65. The zero-order valence-electron chi connectivity index (χ0n) is 10.2. The van der Waals surface area contributed by atoms with Gasteiger partial charge in [0.2, 0.25) is 0 Å². The van der Waals surface area contributed by atoms with Crippen LogP contribution >= 0.6 is 0 Å². The van der Waals surface area contributed by atoms with Crippen LogP contribution in [0.5, 0.6) is 5.75 Å². The third-order valence-corrected chi connectivity index (χ3v) is 3.28. The number of hydrogen-bond donors (Lipinski definition) is 0. The third-order valence-electron chi connectivity index (χ3n) is 2.05. The van der Waals surface area contributed by atoms with Gasteiger partial charge in [0.05, 0.1) is 12.4 Å². The molecule has 0 aliphatic rings. The van der Waals surface area contributed by atoms with E-state index in [1.165, 1.54) is 0 Å². The first kappa shape index (κ1) is 14.5. The van der Waals surface area contributed by atoms with Crippen molar-refractivity contribution in [2.24, 2.45) is 0 Å². The molecule has 0 heterocycles. The van der Waals surface area contributed by atoms with Crippen LogP contribution in [0.4, 0.5) is 0 Å². The van der Waals surface area contributed by atoms with Crippen molar-refractivity contribution in [1.29, 1.82) is 0 Å². The molecule has 0 amide bonds. The van der Waals surface area contributed by atoms with Gasteiger partial charge in [-0.1, -0.05) is 18.2 Å². The molecular formula is C12H16O5S. The Morgan fingerprint density at radius 3 is 2.50 bits per heavy atom. The maximum atomic E-state index is 11.6. The zero-order valence-corrected chi connectivity index (χ0v) is 11.0. The van der Waals surface area contributed by atoms with Crippen molar-refractivity contribution in [3.63, 3.8) is 0 Å². The van der Waals surface area contributed by atoms with E-state index in [2.05, 4.69) is 0 Å². The van der Waals surface area contributed by atoms with Gasteiger partial charge in [0.25, 0.3) is 0 Å². The van der Waals surface area contributed by atoms with E-state index in [1.807, 2.05) is 0 Å². The molecule has 0 bridgehead atoms. The summed E-state index contributed by atoms with van der Waals surface area (Å²) in [7, 11) is -3.65. The monoisotopic (exact) mass is 272 g/mol. The standard InChI is InChI=1S/C12H16O5S/c1-2-16-12(13)9-6-10-18(14,15)17-11-7-4-3-5-8-11/h3-5,7-8H,2,6,9-10H2,1H3. The second-order valence-electron chi connectivity index (χ2n) is 3.57. The summed E-state index contributed by atoms with van der Waals surface area (Å²) in [5.74, 6) is -0.332. The summed E-state index contributed by atoms with van der Waals surface area (Å²) in [5.41, 5.74) is 0. The Kier molecular flexibility index (Phi) is 5.64. The predicted molar refractivity (Wildman–Crippen MR) is 66.7 cm³/mol. The third kappa shape index (κ3) is 5.67. The van der Waals surface area contributed by atoms with Crippen LogP contribution in [0.3, 0.4) is 0 Å². The lowest BCUT2D eigenvalue weighted by Gasteiger charge is -2.06. The van der Waals surface area contributed by atoms with Crippen LogP contribution in [0.25, 0.3) is 0 Å². The highest BCUT2D eigenvalue weighted by molar-refractivity contribution is 7.87. The van der Waals surface area contributed by atoms with E-state index < -0.39 is 16.1 Å². The highest BCUT2D eigenvalue weighted by Crippen LogP contribution is 2.12. The Morgan fingerprint density at radius 2 is 1.89 bits per heavy atom. The molecule has 5 nitrogen and oxygen atoms in total. The first-order chi connectivity index (χ1) is 8.53. The molecule has 0 fully saturated rings. The molecule has 0 radical (unpaired) electrons. The van der Waals surface area contributed by atoms with Crippen molar-refractivity contribution in [3.05, 3.63) is 30.3 Å². The number of rotatable bonds is 7. The van der Waals surface area contributed by atoms with E-state index in [4.69, 9.17) is 8.92 Å². The van der Waals surface area contributed by atoms with Gasteiger partial charge in [-0.05, 0) is 25.5 Å². The molecule has 0 aliphatic heterocycles. The van der Waals surface area contributed by atoms with Gasteiger partial charge in [-0.15, -0.1) is 0 Å². The van der Waals surface area contributed by atoms with E-state index in [0.29, 0.717) is 6.61 Å². The molecule has 0 atom stereocenters. The van der Waals surface area contributed by atoms with Crippen molar-refractivity contribution < 1.29 is 22.1 Å². The molecule has 0 saturated carbocycles. The fourth-order valence-corrected chi connectivity index (χ4v) is 2.28. The van der Waals surface area contributed by atoms with E-state index in [9.17, 15) is 13.2 Å². The predicted octanol–water partition coefficient (Wildman–Crippen LogP) is 1.74. The summed E-state index contributed by atoms with van der Waals surface area (Å²) in [4.78, 5) is 11.0. The van der Waals surface area contributed by atoms with Gasteiger partial charge in [-0.25, -0.2) is 0 Å². The molecular weight excluding hydrogens is 256 g/mol. The molecule has 0 unspecified atom stereocenters. The molecule has 0 saturated heterocycles. The maximum absolute atomic E-state index is 11.6. The molecule has 1 aromatic rings. The quantitative estimate of drug-likeness (QED) is 0.558. The van der Waals surface area contributed by atoms with Crippen LogP contribution in [0, 0.1) is 0 Å². The average Bonchev–Trinajstić information content (AvgIpc) is 2.29. The Bertz CT molecular complexity index is 467. The van der Waals surface area contributed by atoms with Gasteiger partial charge in [0.15, 0.2) is 0 Å². The number of benzene rings is 1. The van der Waals surface area contributed by atoms with E-state index in [-0.39, 0.29) is 24.3 Å². The summed E-state index contributed by atoms with van der Waals surface area (Å²) in [5, 5.41) is 0. The van der Waals surface area contributed by atoms with Crippen LogP contribution in [-0.4, -0.2) is 26.7 Å². The lowest BCUT2D eigenvalue weighted by Crippen LogP contribution is -2.15. The van der Waals surface area contributed by atoms with Crippen LogP contribution in [-0.2, 0) is 19.6 Å². The van der Waals surface area contributed by atoms with Gasteiger partial charge in [0, 0.05) is 6.42 Å². The smallest absolute Gasteiger partial charge is 0.309 e. The first-order valence-electron chi connectivity index (χ1n) is 5.66. The minimum Gasteiger partial charge on any atom is -0.466 e. The molecule has 0 N–H and O–H groups in total. The Balaban J connectivity index is 2.39. The fourth-order valence-electron chi connectivity index (χ4n) is 1.29. The molecule has 6 heteroatoms. The van der Waals surface area contributed by atoms with Crippen LogP contribution in [0.1, 0.15) is 19.8 Å². The highest BCUT2D eigenvalue weighted by atomic mass is 32.2. The molecule has 1 aromatic carbocycles. The number of hydrogen-bond acceptors (Lipinski definition) is 5. The van der Waals surface area contributed by atoms with Crippen molar-refractivity contribution >= 4 is 16.1 Å². The van der Waals surface area contributed by atoms with Gasteiger partial charge in [0.1, 0.15) is 5.75 Å². The summed E-state index contributed by atoms with van der Waals surface area (Å²) in [6, 6.07) is 8.25. The van der Waals surface area contributed by atoms with E-state index in [1.54, 1.807) is 37.3 Å². The highest BCUT2D eigenvalue weighted by Gasteiger charge is 2.13. The van der Waals surface area contributed by atoms with Gasteiger partial charge in [-0.3, -0.25) is 4.79 Å². The van der Waals surface area contributed by atoms with Crippen LogP contribution in [0.15, 0.2) is 30.3 Å². The van der Waals surface area contributed by atoms with Crippen molar-refractivity contribution in [2.75, 3.05) is 12.4 Å². The van der Waals surface area contributed by atoms with Crippen molar-refractivity contribution in [1.82, 2.24) is 0 Å². The summed E-state index contributed by atoms with van der Waals surface area (Å²) in [6.45, 7) is 2.00. The van der Waals surface area contributed by atoms with E-state index >= 15 is 0 Å². The normalized spacial score (nSPS) is 10.9. The first-order valence-corrected chi connectivity index (χ1v) is 7.24. The summed E-state index contributed by atoms with van der Waals surface area (Å²) >= 11 is 0. The summed E-state index contributed by atoms with van der Waals surface area (Å²) in [6.07, 6.45) is 0.263. The van der Waals surface area contributed by atoms with Gasteiger partial charge >= 0.3 is 16.1 Å². The zero-order chi connectivity index (χ0) is 13.4. The van der Waals surface area contributed by atoms with Crippen molar-refractivity contribution in [3.8, 4) is 5.75 Å². The molecule has 18 heavy (non-hydrogen) atoms. The van der Waals surface area contributed by atoms with Gasteiger partial charge < -0.3 is 8.92 Å². The average molecular weight is 272 g/mol. The second-order valence-corrected chi connectivity index (χ2v) is 5.26. The van der Waals surface area contributed by atoms with E-state index in [0.717, 1.165) is 0 Å². The number of carbonyl (C=O) groups excluding carboxylic acids is 1.